The van der Waals surface area contributed by atoms with Crippen LogP contribution in [0.5, 0.6) is 0 Å². The maximum Gasteiger partial charge on any atom is 0.407 e. The molecule has 1 amide bonds. The third-order valence-corrected chi connectivity index (χ3v) is 5.03. The molecule has 2 aromatic carbocycles. The summed E-state index contributed by atoms with van der Waals surface area (Å²) in [6.07, 6.45) is 1.52. The Morgan fingerprint density at radius 2 is 1.79 bits per heavy atom. The second-order valence-electron chi connectivity index (χ2n) is 8.55. The first kappa shape index (κ1) is 20.9. The van der Waals surface area contributed by atoms with Crippen LogP contribution in [0, 0.1) is 11.3 Å². The molecule has 1 saturated heterocycles. The molecule has 3 rings (SSSR count). The zero-order valence-corrected chi connectivity index (χ0v) is 17.4. The number of amides is 1. The number of ether oxygens (including phenoxy) is 1. The minimum Gasteiger partial charge on any atom is -0.444 e. The highest BCUT2D eigenvalue weighted by Gasteiger charge is 2.23. The number of benzene rings is 2. The molecule has 0 unspecified atom stereocenters. The van der Waals surface area contributed by atoms with E-state index < -0.39 is 5.60 Å². The summed E-state index contributed by atoms with van der Waals surface area (Å²) in [5, 5.41) is 12.3. The Hall–Kier alpha value is -2.84. The van der Waals surface area contributed by atoms with Gasteiger partial charge in [0.15, 0.2) is 0 Å². The third-order valence-electron chi connectivity index (χ3n) is 5.03. The number of alkyl carbamates (subject to hydrolysis) is 1. The molecule has 0 radical (unpaired) electrons. The van der Waals surface area contributed by atoms with Gasteiger partial charge in [-0.1, -0.05) is 42.5 Å². The minimum absolute atomic E-state index is 0.172. The molecule has 0 aliphatic carbocycles. The van der Waals surface area contributed by atoms with Gasteiger partial charge in [-0.05, 0) is 56.4 Å². The zero-order valence-electron chi connectivity index (χ0n) is 17.4. The van der Waals surface area contributed by atoms with Crippen LogP contribution in [-0.4, -0.2) is 35.7 Å². The van der Waals surface area contributed by atoms with Gasteiger partial charge in [0, 0.05) is 25.7 Å². The second kappa shape index (κ2) is 9.11. The summed E-state index contributed by atoms with van der Waals surface area (Å²) in [6, 6.07) is 18.5. The van der Waals surface area contributed by atoms with Crippen LogP contribution in [0.3, 0.4) is 0 Å². The molecule has 5 heteroatoms. The van der Waals surface area contributed by atoms with E-state index in [0.29, 0.717) is 5.56 Å². The van der Waals surface area contributed by atoms with Crippen molar-refractivity contribution >= 4 is 6.09 Å². The highest BCUT2D eigenvalue weighted by molar-refractivity contribution is 5.70. The fourth-order valence-electron chi connectivity index (χ4n) is 3.59. The molecule has 0 spiro atoms. The van der Waals surface area contributed by atoms with Crippen molar-refractivity contribution in [1.29, 1.82) is 5.26 Å². The van der Waals surface area contributed by atoms with Crippen molar-refractivity contribution in [3.05, 3.63) is 59.7 Å². The first-order valence-corrected chi connectivity index (χ1v) is 10.1. The molecular formula is C24H29N3O2. The summed E-state index contributed by atoms with van der Waals surface area (Å²) in [6.45, 7) is 8.40. The van der Waals surface area contributed by atoms with Crippen LogP contribution in [0.4, 0.5) is 4.79 Å². The van der Waals surface area contributed by atoms with E-state index in [1.54, 1.807) is 0 Å². The Kier molecular flexibility index (Phi) is 6.56. The van der Waals surface area contributed by atoms with Crippen LogP contribution in [0.1, 0.15) is 44.7 Å². The minimum atomic E-state index is -0.468. The predicted molar refractivity (Wildman–Crippen MR) is 114 cm³/mol. The summed E-state index contributed by atoms with van der Waals surface area (Å²) in [5.74, 6) is 0. The lowest BCUT2D eigenvalue weighted by Gasteiger charge is -2.32. The van der Waals surface area contributed by atoms with E-state index in [1.165, 1.54) is 5.56 Å². The summed E-state index contributed by atoms with van der Waals surface area (Å²) >= 11 is 0. The quantitative estimate of drug-likeness (QED) is 0.819. The van der Waals surface area contributed by atoms with Crippen LogP contribution in [0.2, 0.25) is 0 Å². The largest absolute Gasteiger partial charge is 0.444 e. The molecule has 1 fully saturated rings. The van der Waals surface area contributed by atoms with Crippen molar-refractivity contribution < 1.29 is 9.53 Å². The average molecular weight is 392 g/mol. The highest BCUT2D eigenvalue weighted by Crippen LogP contribution is 2.24. The van der Waals surface area contributed by atoms with E-state index in [4.69, 9.17) is 4.74 Å². The van der Waals surface area contributed by atoms with E-state index in [1.807, 2.05) is 45.0 Å². The molecule has 2 aromatic rings. The average Bonchev–Trinajstić information content (AvgIpc) is 2.68. The van der Waals surface area contributed by atoms with Gasteiger partial charge >= 0.3 is 6.09 Å². The molecule has 0 saturated carbocycles. The number of carbonyl (C=O) groups excluding carboxylic acids is 1. The van der Waals surface area contributed by atoms with Gasteiger partial charge in [0.1, 0.15) is 5.60 Å². The molecule has 0 aromatic heterocycles. The van der Waals surface area contributed by atoms with Crippen molar-refractivity contribution in [1.82, 2.24) is 10.2 Å². The number of nitrogens with zero attached hydrogens (tertiary/aromatic N) is 2. The Labute approximate surface area is 173 Å². The number of hydrogen-bond acceptors (Lipinski definition) is 4. The normalized spacial score (nSPS) is 15.5. The number of rotatable bonds is 4. The molecule has 0 bridgehead atoms. The first-order chi connectivity index (χ1) is 13.8. The Morgan fingerprint density at radius 1 is 1.14 bits per heavy atom. The number of carbonyl (C=O) groups is 1. The number of nitriles is 1. The van der Waals surface area contributed by atoms with E-state index in [-0.39, 0.29) is 12.1 Å². The van der Waals surface area contributed by atoms with Gasteiger partial charge in [-0.3, -0.25) is 4.90 Å². The van der Waals surface area contributed by atoms with Crippen LogP contribution in [-0.2, 0) is 11.3 Å². The van der Waals surface area contributed by atoms with Crippen molar-refractivity contribution in [2.75, 3.05) is 13.1 Å². The zero-order chi connectivity index (χ0) is 20.9. The first-order valence-electron chi connectivity index (χ1n) is 10.1. The number of hydrogen-bond donors (Lipinski definition) is 1. The van der Waals surface area contributed by atoms with Gasteiger partial charge < -0.3 is 10.1 Å². The van der Waals surface area contributed by atoms with Gasteiger partial charge in [0.2, 0.25) is 0 Å². The molecule has 152 valence electrons. The number of piperidine rings is 1. The Balaban J connectivity index is 1.51. The van der Waals surface area contributed by atoms with Crippen LogP contribution < -0.4 is 5.32 Å². The third kappa shape index (κ3) is 6.07. The topological polar surface area (TPSA) is 65.4 Å². The smallest absolute Gasteiger partial charge is 0.407 e. The van der Waals surface area contributed by atoms with E-state index in [2.05, 4.69) is 40.6 Å². The standard InChI is InChI=1S/C24H29N3O2/c1-24(2,3)29-23(28)26-21-12-14-27(15-13-21)17-18-8-10-19(11-9-18)22-7-5-4-6-20(22)16-25/h4-11,21H,12-15,17H2,1-3H3,(H,26,28). The molecule has 1 aliphatic rings. The summed E-state index contributed by atoms with van der Waals surface area (Å²) in [5.41, 5.74) is 3.51. The summed E-state index contributed by atoms with van der Waals surface area (Å²) < 4.78 is 5.34. The second-order valence-corrected chi connectivity index (χ2v) is 8.55. The summed E-state index contributed by atoms with van der Waals surface area (Å²) in [4.78, 5) is 14.3. The maximum absolute atomic E-state index is 11.9. The molecule has 1 N–H and O–H groups in total. The van der Waals surface area contributed by atoms with Crippen molar-refractivity contribution in [3.8, 4) is 17.2 Å². The monoisotopic (exact) mass is 391 g/mol. The predicted octanol–water partition coefficient (Wildman–Crippen LogP) is 4.71. The molecule has 29 heavy (non-hydrogen) atoms. The molecule has 1 heterocycles. The van der Waals surface area contributed by atoms with E-state index in [9.17, 15) is 10.1 Å². The fourth-order valence-corrected chi connectivity index (χ4v) is 3.59. The van der Waals surface area contributed by atoms with Crippen molar-refractivity contribution in [2.24, 2.45) is 0 Å². The highest BCUT2D eigenvalue weighted by atomic mass is 16.6. The number of nitrogens with one attached hydrogen (secondary N) is 1. The molecular weight excluding hydrogens is 362 g/mol. The lowest BCUT2D eigenvalue weighted by atomic mass is 9.99. The lowest BCUT2D eigenvalue weighted by Crippen LogP contribution is -2.45. The Bertz CT molecular complexity index is 870. The lowest BCUT2D eigenvalue weighted by molar-refractivity contribution is 0.0477. The van der Waals surface area contributed by atoms with E-state index in [0.717, 1.165) is 43.6 Å². The SMILES string of the molecule is CC(C)(C)OC(=O)NC1CCN(Cc2ccc(-c3ccccc3C#N)cc2)CC1. The van der Waals surface area contributed by atoms with Crippen LogP contribution in [0.25, 0.3) is 11.1 Å². The fraction of sp³-hybridized carbons (Fsp3) is 0.417. The maximum atomic E-state index is 11.9. The van der Waals surface area contributed by atoms with Gasteiger partial charge in [-0.15, -0.1) is 0 Å². The van der Waals surface area contributed by atoms with Gasteiger partial charge in [-0.2, -0.15) is 5.26 Å². The van der Waals surface area contributed by atoms with Gasteiger partial charge in [-0.25, -0.2) is 4.79 Å². The Morgan fingerprint density at radius 3 is 2.41 bits per heavy atom. The number of likely N-dealkylation sites (tertiary alicyclic amines) is 1. The summed E-state index contributed by atoms with van der Waals surface area (Å²) in [7, 11) is 0. The van der Waals surface area contributed by atoms with E-state index >= 15 is 0 Å². The van der Waals surface area contributed by atoms with Gasteiger partial charge in [0.25, 0.3) is 0 Å². The van der Waals surface area contributed by atoms with Crippen LogP contribution >= 0.6 is 0 Å². The van der Waals surface area contributed by atoms with Crippen LogP contribution in [0.15, 0.2) is 48.5 Å². The molecule has 0 atom stereocenters. The van der Waals surface area contributed by atoms with Crippen molar-refractivity contribution in [3.63, 3.8) is 0 Å². The van der Waals surface area contributed by atoms with Gasteiger partial charge in [0.05, 0.1) is 11.6 Å². The molecule has 5 nitrogen and oxygen atoms in total. The van der Waals surface area contributed by atoms with Crippen molar-refractivity contribution in [2.45, 2.75) is 51.8 Å². The molecule has 1 aliphatic heterocycles.